The van der Waals surface area contributed by atoms with Gasteiger partial charge in [-0.15, -0.1) is 0 Å². The second-order valence-electron chi connectivity index (χ2n) is 6.26. The van der Waals surface area contributed by atoms with Gasteiger partial charge in [-0.2, -0.15) is 0 Å². The van der Waals surface area contributed by atoms with Crippen molar-refractivity contribution in [1.82, 2.24) is 24.7 Å². The van der Waals surface area contributed by atoms with Gasteiger partial charge in [-0.25, -0.2) is 9.97 Å². The summed E-state index contributed by atoms with van der Waals surface area (Å²) in [7, 11) is 0. The molecule has 0 spiro atoms. The van der Waals surface area contributed by atoms with Crippen molar-refractivity contribution in [2.75, 3.05) is 0 Å². The molecule has 0 unspecified atom stereocenters. The van der Waals surface area contributed by atoms with Crippen LogP contribution in [0.1, 0.15) is 34.2 Å². The Hall–Kier alpha value is -3.28. The summed E-state index contributed by atoms with van der Waals surface area (Å²) in [4.78, 5) is 25.9. The molecule has 4 rings (SSSR count). The second kappa shape index (κ2) is 6.55. The highest BCUT2D eigenvalue weighted by molar-refractivity contribution is 6.06. The summed E-state index contributed by atoms with van der Waals surface area (Å²) in [5, 5.41) is 3.84. The van der Waals surface area contributed by atoms with Crippen LogP contribution in [0.3, 0.4) is 0 Å². The van der Waals surface area contributed by atoms with E-state index < -0.39 is 0 Å². The Morgan fingerprint density at radius 1 is 1.23 bits per heavy atom. The van der Waals surface area contributed by atoms with E-state index in [1.54, 1.807) is 6.20 Å². The minimum Gasteiger partial charge on any atom is -0.346 e. The molecule has 3 aromatic heterocycles. The van der Waals surface area contributed by atoms with Gasteiger partial charge in [0.15, 0.2) is 0 Å². The zero-order chi connectivity index (χ0) is 18.1. The van der Waals surface area contributed by atoms with Crippen LogP contribution in [0.25, 0.3) is 16.7 Å². The maximum atomic E-state index is 12.8. The number of amides is 1. The van der Waals surface area contributed by atoms with E-state index in [0.717, 1.165) is 28.7 Å². The Morgan fingerprint density at radius 2 is 2.12 bits per heavy atom. The van der Waals surface area contributed by atoms with Crippen molar-refractivity contribution in [3.8, 4) is 0 Å². The number of hydrogen-bond acceptors (Lipinski definition) is 4. The standard InChI is InChI=1S/C20H19N5O/c1-3-14-5-6-18-16(10-14)17(9-13(2)23-18)19(26)22-11-15-12-25-8-4-7-21-20(25)24-15/h4-10,12H,3,11H2,1-2H3,(H,22,26). The van der Waals surface area contributed by atoms with Crippen molar-refractivity contribution >= 4 is 22.6 Å². The molecule has 0 aliphatic heterocycles. The number of aromatic nitrogens is 4. The second-order valence-corrected chi connectivity index (χ2v) is 6.26. The number of pyridine rings is 1. The Balaban J connectivity index is 1.62. The third-order valence-corrected chi connectivity index (χ3v) is 4.37. The first kappa shape index (κ1) is 16.2. The molecule has 1 aromatic carbocycles. The van der Waals surface area contributed by atoms with Gasteiger partial charge in [0.2, 0.25) is 5.78 Å². The minimum absolute atomic E-state index is 0.126. The summed E-state index contributed by atoms with van der Waals surface area (Å²) < 4.78 is 1.83. The Labute approximate surface area is 150 Å². The Bertz CT molecular complexity index is 1080. The van der Waals surface area contributed by atoms with Crippen molar-refractivity contribution in [3.05, 3.63) is 71.4 Å². The Morgan fingerprint density at radius 3 is 2.92 bits per heavy atom. The van der Waals surface area contributed by atoms with Crippen LogP contribution in [0.2, 0.25) is 0 Å². The molecule has 0 aliphatic rings. The van der Waals surface area contributed by atoms with Crippen molar-refractivity contribution in [2.45, 2.75) is 26.8 Å². The monoisotopic (exact) mass is 345 g/mol. The summed E-state index contributed by atoms with van der Waals surface area (Å²) in [5.74, 6) is 0.494. The maximum Gasteiger partial charge on any atom is 0.252 e. The van der Waals surface area contributed by atoms with Gasteiger partial charge in [-0.05, 0) is 43.2 Å². The molecule has 4 aromatic rings. The van der Waals surface area contributed by atoms with Gasteiger partial charge in [0.25, 0.3) is 5.91 Å². The summed E-state index contributed by atoms with van der Waals surface area (Å²) in [6, 6.07) is 9.76. The summed E-state index contributed by atoms with van der Waals surface area (Å²) in [6.45, 7) is 4.34. The molecule has 0 radical (unpaired) electrons. The van der Waals surface area contributed by atoms with Crippen molar-refractivity contribution in [2.24, 2.45) is 0 Å². The molecule has 0 fully saturated rings. The van der Waals surface area contributed by atoms with Crippen LogP contribution in [0.4, 0.5) is 0 Å². The molecule has 0 aliphatic carbocycles. The van der Waals surface area contributed by atoms with Crippen LogP contribution in [-0.4, -0.2) is 25.3 Å². The fourth-order valence-electron chi connectivity index (χ4n) is 3.04. The van der Waals surface area contributed by atoms with Crippen molar-refractivity contribution < 1.29 is 4.79 Å². The van der Waals surface area contributed by atoms with Crippen LogP contribution in [-0.2, 0) is 13.0 Å². The number of nitrogens with one attached hydrogen (secondary N) is 1. The molecule has 0 saturated carbocycles. The molecule has 1 N–H and O–H groups in total. The highest BCUT2D eigenvalue weighted by Gasteiger charge is 2.13. The van der Waals surface area contributed by atoms with Crippen LogP contribution >= 0.6 is 0 Å². The minimum atomic E-state index is -0.126. The molecule has 6 heteroatoms. The number of nitrogens with zero attached hydrogens (tertiary/aromatic N) is 4. The van der Waals surface area contributed by atoms with Crippen molar-refractivity contribution in [3.63, 3.8) is 0 Å². The number of carbonyl (C=O) groups excluding carboxylic acids is 1. The van der Waals surface area contributed by atoms with E-state index in [4.69, 9.17) is 0 Å². The summed E-state index contributed by atoms with van der Waals surface area (Å²) in [6.07, 6.45) is 6.36. The van der Waals surface area contributed by atoms with Gasteiger partial charge >= 0.3 is 0 Å². The first-order valence-electron chi connectivity index (χ1n) is 8.61. The van der Waals surface area contributed by atoms with Crippen LogP contribution in [0.5, 0.6) is 0 Å². The molecule has 3 heterocycles. The lowest BCUT2D eigenvalue weighted by Crippen LogP contribution is -2.23. The first-order valence-corrected chi connectivity index (χ1v) is 8.61. The number of benzene rings is 1. The number of imidazole rings is 1. The number of fused-ring (bicyclic) bond motifs is 2. The van der Waals surface area contributed by atoms with E-state index in [1.807, 2.05) is 48.0 Å². The van der Waals surface area contributed by atoms with E-state index in [1.165, 1.54) is 5.56 Å². The lowest BCUT2D eigenvalue weighted by molar-refractivity contribution is 0.0952. The third kappa shape index (κ3) is 3.01. The highest BCUT2D eigenvalue weighted by Crippen LogP contribution is 2.20. The largest absolute Gasteiger partial charge is 0.346 e. The van der Waals surface area contributed by atoms with Gasteiger partial charge in [0, 0.05) is 29.7 Å². The average molecular weight is 345 g/mol. The van der Waals surface area contributed by atoms with Crippen LogP contribution in [0, 0.1) is 6.92 Å². The molecular formula is C20H19N5O. The quantitative estimate of drug-likeness (QED) is 0.617. The van der Waals surface area contributed by atoms with E-state index in [0.29, 0.717) is 17.9 Å². The number of carbonyl (C=O) groups is 1. The van der Waals surface area contributed by atoms with Crippen molar-refractivity contribution in [1.29, 1.82) is 0 Å². The van der Waals surface area contributed by atoms with Gasteiger partial charge in [-0.1, -0.05) is 13.0 Å². The zero-order valence-electron chi connectivity index (χ0n) is 14.7. The summed E-state index contributed by atoms with van der Waals surface area (Å²) in [5.41, 5.74) is 4.25. The zero-order valence-corrected chi connectivity index (χ0v) is 14.7. The van der Waals surface area contributed by atoms with E-state index in [2.05, 4.69) is 33.3 Å². The number of hydrogen-bond donors (Lipinski definition) is 1. The predicted molar refractivity (Wildman–Crippen MR) is 100 cm³/mol. The molecule has 130 valence electrons. The Kier molecular flexibility index (Phi) is 4.08. The van der Waals surface area contributed by atoms with E-state index in [9.17, 15) is 4.79 Å². The fourth-order valence-corrected chi connectivity index (χ4v) is 3.04. The molecule has 0 saturated heterocycles. The fraction of sp³-hybridized carbons (Fsp3) is 0.200. The van der Waals surface area contributed by atoms with Crippen LogP contribution in [0.15, 0.2) is 48.9 Å². The number of aryl methyl sites for hydroxylation is 2. The molecular weight excluding hydrogens is 326 g/mol. The molecule has 1 amide bonds. The van der Waals surface area contributed by atoms with Gasteiger partial charge in [-0.3, -0.25) is 14.2 Å². The third-order valence-electron chi connectivity index (χ3n) is 4.37. The average Bonchev–Trinajstić information content (AvgIpc) is 3.08. The predicted octanol–water partition coefficient (Wildman–Crippen LogP) is 3.08. The van der Waals surface area contributed by atoms with E-state index >= 15 is 0 Å². The molecule has 26 heavy (non-hydrogen) atoms. The smallest absolute Gasteiger partial charge is 0.252 e. The SMILES string of the molecule is CCc1ccc2nc(C)cc(C(=O)NCc3cn4cccnc4n3)c2c1. The van der Waals surface area contributed by atoms with Gasteiger partial charge in [0.05, 0.1) is 23.3 Å². The number of rotatable bonds is 4. The first-order chi connectivity index (χ1) is 12.6. The normalized spacial score (nSPS) is 11.2. The van der Waals surface area contributed by atoms with E-state index in [-0.39, 0.29) is 5.91 Å². The highest BCUT2D eigenvalue weighted by atomic mass is 16.1. The molecule has 0 atom stereocenters. The summed E-state index contributed by atoms with van der Waals surface area (Å²) >= 11 is 0. The lowest BCUT2D eigenvalue weighted by atomic mass is 10.0. The van der Waals surface area contributed by atoms with Crippen LogP contribution < -0.4 is 5.32 Å². The lowest BCUT2D eigenvalue weighted by Gasteiger charge is -2.09. The molecule has 6 nitrogen and oxygen atoms in total. The maximum absolute atomic E-state index is 12.8. The van der Waals surface area contributed by atoms with Gasteiger partial charge in [0.1, 0.15) is 0 Å². The van der Waals surface area contributed by atoms with Gasteiger partial charge < -0.3 is 5.32 Å². The molecule has 0 bridgehead atoms. The topological polar surface area (TPSA) is 72.2 Å².